The standard InChI is InChI=1S/C16H14N2S/c1-11-5-2-3-8-14(11)16-18-15(10-19-16)12-6-4-7-13(17)9-12/h2-10H,17H2,1H3. The van der Waals surface area contributed by atoms with E-state index >= 15 is 0 Å². The first-order valence-corrected chi connectivity index (χ1v) is 6.99. The minimum atomic E-state index is 0.767. The summed E-state index contributed by atoms with van der Waals surface area (Å²) in [6.45, 7) is 2.11. The van der Waals surface area contributed by atoms with Crippen LogP contribution in [-0.2, 0) is 0 Å². The number of nitrogens with two attached hydrogens (primary N) is 1. The van der Waals surface area contributed by atoms with E-state index < -0.39 is 0 Å². The predicted octanol–water partition coefficient (Wildman–Crippen LogP) is 4.37. The van der Waals surface area contributed by atoms with Crippen LogP contribution in [0.4, 0.5) is 5.69 Å². The molecule has 0 amide bonds. The molecular weight excluding hydrogens is 252 g/mol. The van der Waals surface area contributed by atoms with Crippen LogP contribution in [0.2, 0.25) is 0 Å². The maximum atomic E-state index is 5.81. The second-order valence-corrected chi connectivity index (χ2v) is 5.34. The highest BCUT2D eigenvalue weighted by Gasteiger charge is 2.08. The van der Waals surface area contributed by atoms with Crippen LogP contribution >= 0.6 is 11.3 Å². The number of aryl methyl sites for hydroxylation is 1. The fourth-order valence-corrected chi connectivity index (χ4v) is 2.96. The molecule has 0 radical (unpaired) electrons. The first kappa shape index (κ1) is 11.9. The Morgan fingerprint density at radius 1 is 1.05 bits per heavy atom. The van der Waals surface area contributed by atoms with Gasteiger partial charge in [-0.2, -0.15) is 0 Å². The van der Waals surface area contributed by atoms with Gasteiger partial charge in [0.25, 0.3) is 0 Å². The van der Waals surface area contributed by atoms with Crippen LogP contribution in [-0.4, -0.2) is 4.98 Å². The summed E-state index contributed by atoms with van der Waals surface area (Å²) in [7, 11) is 0. The Morgan fingerprint density at radius 2 is 1.89 bits per heavy atom. The highest BCUT2D eigenvalue weighted by atomic mass is 32.1. The van der Waals surface area contributed by atoms with Crippen molar-refractivity contribution in [3.8, 4) is 21.8 Å². The molecule has 3 heteroatoms. The topological polar surface area (TPSA) is 38.9 Å². The normalized spacial score (nSPS) is 10.6. The molecule has 0 saturated carbocycles. The Balaban J connectivity index is 2.03. The summed E-state index contributed by atoms with van der Waals surface area (Å²) in [5, 5.41) is 3.13. The Morgan fingerprint density at radius 3 is 2.68 bits per heavy atom. The molecule has 0 aliphatic carbocycles. The van der Waals surface area contributed by atoms with Crippen molar-refractivity contribution < 1.29 is 0 Å². The maximum Gasteiger partial charge on any atom is 0.124 e. The van der Waals surface area contributed by atoms with Crippen LogP contribution < -0.4 is 5.73 Å². The second-order valence-electron chi connectivity index (χ2n) is 4.48. The fraction of sp³-hybridized carbons (Fsp3) is 0.0625. The number of rotatable bonds is 2. The highest BCUT2D eigenvalue weighted by molar-refractivity contribution is 7.13. The average Bonchev–Trinajstić information content (AvgIpc) is 2.89. The number of aromatic nitrogens is 1. The van der Waals surface area contributed by atoms with E-state index in [1.165, 1.54) is 11.1 Å². The monoisotopic (exact) mass is 266 g/mol. The van der Waals surface area contributed by atoms with Crippen LogP contribution in [0.25, 0.3) is 21.8 Å². The molecule has 0 unspecified atom stereocenters. The van der Waals surface area contributed by atoms with Gasteiger partial charge in [0.1, 0.15) is 5.01 Å². The number of nitrogens with zero attached hydrogens (tertiary/aromatic N) is 1. The van der Waals surface area contributed by atoms with Crippen LogP contribution in [0, 0.1) is 6.92 Å². The Hall–Kier alpha value is -2.13. The predicted molar refractivity (Wildman–Crippen MR) is 82.1 cm³/mol. The molecular formula is C16H14N2S. The fourth-order valence-electron chi connectivity index (χ4n) is 2.04. The summed E-state index contributed by atoms with van der Waals surface area (Å²) in [6, 6.07) is 16.1. The number of hydrogen-bond acceptors (Lipinski definition) is 3. The van der Waals surface area contributed by atoms with Crippen molar-refractivity contribution in [2.45, 2.75) is 6.92 Å². The lowest BCUT2D eigenvalue weighted by atomic mass is 10.1. The van der Waals surface area contributed by atoms with E-state index in [0.717, 1.165) is 22.0 Å². The van der Waals surface area contributed by atoms with E-state index in [9.17, 15) is 0 Å². The van der Waals surface area contributed by atoms with E-state index in [1.54, 1.807) is 11.3 Å². The lowest BCUT2D eigenvalue weighted by molar-refractivity contribution is 1.37. The number of thiazole rings is 1. The van der Waals surface area contributed by atoms with Crippen molar-refractivity contribution in [1.29, 1.82) is 0 Å². The summed E-state index contributed by atoms with van der Waals surface area (Å²) in [6.07, 6.45) is 0. The quantitative estimate of drug-likeness (QED) is 0.700. The average molecular weight is 266 g/mol. The van der Waals surface area contributed by atoms with E-state index in [1.807, 2.05) is 36.4 Å². The molecule has 3 rings (SSSR count). The van der Waals surface area contributed by atoms with Gasteiger partial charge in [-0.1, -0.05) is 36.4 Å². The number of anilines is 1. The molecule has 2 N–H and O–H groups in total. The zero-order valence-corrected chi connectivity index (χ0v) is 11.4. The van der Waals surface area contributed by atoms with Gasteiger partial charge in [0.2, 0.25) is 0 Å². The summed E-state index contributed by atoms with van der Waals surface area (Å²) in [5.41, 5.74) is 11.1. The molecule has 0 saturated heterocycles. The molecule has 1 heterocycles. The van der Waals surface area contributed by atoms with E-state index in [0.29, 0.717) is 0 Å². The van der Waals surface area contributed by atoms with Crippen LogP contribution in [0.15, 0.2) is 53.9 Å². The molecule has 3 aromatic rings. The van der Waals surface area contributed by atoms with Crippen LogP contribution in [0.1, 0.15) is 5.56 Å². The van der Waals surface area contributed by atoms with Crippen molar-refractivity contribution in [3.05, 3.63) is 59.5 Å². The van der Waals surface area contributed by atoms with Gasteiger partial charge in [0.05, 0.1) is 5.69 Å². The van der Waals surface area contributed by atoms with E-state index in [2.05, 4.69) is 24.4 Å². The minimum Gasteiger partial charge on any atom is -0.399 e. The number of nitrogen functional groups attached to an aromatic ring is 1. The SMILES string of the molecule is Cc1ccccc1-c1nc(-c2cccc(N)c2)cs1. The largest absolute Gasteiger partial charge is 0.399 e. The third kappa shape index (κ3) is 2.37. The molecule has 0 aliphatic rings. The lowest BCUT2D eigenvalue weighted by Gasteiger charge is -2.01. The van der Waals surface area contributed by atoms with Gasteiger partial charge in [0.15, 0.2) is 0 Å². The van der Waals surface area contributed by atoms with Crippen molar-refractivity contribution in [3.63, 3.8) is 0 Å². The van der Waals surface area contributed by atoms with E-state index in [-0.39, 0.29) is 0 Å². The molecule has 0 bridgehead atoms. The second kappa shape index (κ2) is 4.86. The van der Waals surface area contributed by atoms with Crippen molar-refractivity contribution in [1.82, 2.24) is 4.98 Å². The van der Waals surface area contributed by atoms with Crippen LogP contribution in [0.3, 0.4) is 0 Å². The third-order valence-corrected chi connectivity index (χ3v) is 3.94. The van der Waals surface area contributed by atoms with E-state index in [4.69, 9.17) is 10.7 Å². The van der Waals surface area contributed by atoms with Gasteiger partial charge < -0.3 is 5.73 Å². The Bertz CT molecular complexity index is 716. The first-order chi connectivity index (χ1) is 9.24. The van der Waals surface area contributed by atoms with Crippen molar-refractivity contribution >= 4 is 17.0 Å². The summed E-state index contributed by atoms with van der Waals surface area (Å²) < 4.78 is 0. The van der Waals surface area contributed by atoms with Gasteiger partial charge in [0, 0.05) is 22.2 Å². The van der Waals surface area contributed by atoms with Gasteiger partial charge in [-0.15, -0.1) is 11.3 Å². The Kier molecular flexibility index (Phi) is 3.05. The molecule has 0 spiro atoms. The molecule has 1 aromatic heterocycles. The van der Waals surface area contributed by atoms with Gasteiger partial charge in [-0.05, 0) is 24.6 Å². The summed E-state index contributed by atoms with van der Waals surface area (Å²) >= 11 is 1.67. The molecule has 94 valence electrons. The molecule has 0 aliphatic heterocycles. The van der Waals surface area contributed by atoms with Gasteiger partial charge in [-0.3, -0.25) is 0 Å². The number of hydrogen-bond donors (Lipinski definition) is 1. The smallest absolute Gasteiger partial charge is 0.124 e. The zero-order valence-electron chi connectivity index (χ0n) is 10.6. The molecule has 2 nitrogen and oxygen atoms in total. The van der Waals surface area contributed by atoms with Gasteiger partial charge >= 0.3 is 0 Å². The highest BCUT2D eigenvalue weighted by Crippen LogP contribution is 2.31. The van der Waals surface area contributed by atoms with Crippen molar-refractivity contribution in [2.24, 2.45) is 0 Å². The van der Waals surface area contributed by atoms with Crippen LogP contribution in [0.5, 0.6) is 0 Å². The van der Waals surface area contributed by atoms with Gasteiger partial charge in [-0.25, -0.2) is 4.98 Å². The molecule has 0 atom stereocenters. The summed E-state index contributed by atoms with van der Waals surface area (Å²) in [4.78, 5) is 4.72. The van der Waals surface area contributed by atoms with Crippen molar-refractivity contribution in [2.75, 3.05) is 5.73 Å². The number of benzene rings is 2. The molecule has 2 aromatic carbocycles. The maximum absolute atomic E-state index is 5.81. The minimum absolute atomic E-state index is 0.767. The third-order valence-electron chi connectivity index (χ3n) is 3.06. The Labute approximate surface area is 116 Å². The lowest BCUT2D eigenvalue weighted by Crippen LogP contribution is -1.86. The summed E-state index contributed by atoms with van der Waals surface area (Å²) in [5.74, 6) is 0. The first-order valence-electron chi connectivity index (χ1n) is 6.11. The molecule has 19 heavy (non-hydrogen) atoms. The molecule has 0 fully saturated rings. The zero-order chi connectivity index (χ0) is 13.2.